The van der Waals surface area contributed by atoms with E-state index in [0.717, 1.165) is 11.6 Å². The van der Waals surface area contributed by atoms with E-state index in [9.17, 15) is 26.4 Å². The molecule has 0 saturated heterocycles. The molecule has 1 unspecified atom stereocenters. The summed E-state index contributed by atoms with van der Waals surface area (Å²) in [7, 11) is -2.85. The predicted molar refractivity (Wildman–Crippen MR) is 128 cm³/mol. The number of aromatic amines is 1. The average molecular weight is 517 g/mol. The minimum Gasteiger partial charge on any atom is -0.465 e. The Labute approximate surface area is 206 Å². The van der Waals surface area contributed by atoms with Crippen molar-refractivity contribution >= 4 is 26.8 Å². The Hall–Kier alpha value is -3.66. The molecule has 0 aliphatic rings. The molecule has 4 rings (SSSR count). The van der Waals surface area contributed by atoms with Crippen LogP contribution < -0.4 is 0 Å². The van der Waals surface area contributed by atoms with E-state index in [2.05, 4.69) is 9.97 Å². The highest BCUT2D eigenvalue weighted by Gasteiger charge is 2.34. The van der Waals surface area contributed by atoms with Crippen molar-refractivity contribution in [3.8, 4) is 0 Å². The first-order valence-electron chi connectivity index (χ1n) is 11.0. The van der Waals surface area contributed by atoms with Gasteiger partial charge in [-0.25, -0.2) is 18.2 Å². The van der Waals surface area contributed by atoms with Crippen LogP contribution in [0.5, 0.6) is 0 Å². The number of alkyl halides is 3. The van der Waals surface area contributed by atoms with E-state index in [4.69, 9.17) is 4.74 Å². The molecule has 0 spiro atoms. The monoisotopic (exact) mass is 516 g/mol. The van der Waals surface area contributed by atoms with Gasteiger partial charge in [0.15, 0.2) is 9.84 Å². The Morgan fingerprint density at radius 2 is 1.69 bits per heavy atom. The minimum absolute atomic E-state index is 0.0679. The fraction of sp³-hybridized carbons (Fsp3) is 0.231. The highest BCUT2D eigenvalue weighted by Crippen LogP contribution is 2.38. The average Bonchev–Trinajstić information content (AvgIpc) is 3.26. The first-order valence-corrected chi connectivity index (χ1v) is 12.5. The summed E-state index contributed by atoms with van der Waals surface area (Å²) in [5.74, 6) is -0.504. The van der Waals surface area contributed by atoms with Gasteiger partial charge in [0.1, 0.15) is 10.9 Å². The van der Waals surface area contributed by atoms with Gasteiger partial charge in [-0.3, -0.25) is 0 Å². The lowest BCUT2D eigenvalue weighted by Crippen LogP contribution is -2.16. The summed E-state index contributed by atoms with van der Waals surface area (Å²) in [5, 5.41) is -1.17. The van der Waals surface area contributed by atoms with Crippen molar-refractivity contribution in [1.82, 2.24) is 9.97 Å². The number of rotatable bonds is 6. The number of methoxy groups -OCH3 is 1. The summed E-state index contributed by atoms with van der Waals surface area (Å²) in [6, 6.07) is 14.7. The third-order valence-electron chi connectivity index (χ3n) is 5.90. The zero-order valence-electron chi connectivity index (χ0n) is 19.6. The van der Waals surface area contributed by atoms with Crippen molar-refractivity contribution in [3.63, 3.8) is 0 Å². The lowest BCUT2D eigenvalue weighted by atomic mass is 10.0. The van der Waals surface area contributed by atoms with Crippen LogP contribution in [0.4, 0.5) is 13.2 Å². The van der Waals surface area contributed by atoms with Crippen LogP contribution in [0.3, 0.4) is 0 Å². The van der Waals surface area contributed by atoms with Gasteiger partial charge in [0.05, 0.1) is 23.1 Å². The van der Waals surface area contributed by atoms with E-state index in [1.54, 1.807) is 12.1 Å². The highest BCUT2D eigenvalue weighted by atomic mass is 32.2. The fourth-order valence-corrected chi connectivity index (χ4v) is 5.77. The van der Waals surface area contributed by atoms with Crippen LogP contribution in [0.1, 0.15) is 57.8 Å². The molecule has 1 atom stereocenters. The molecule has 2 aromatic carbocycles. The van der Waals surface area contributed by atoms with E-state index in [0.29, 0.717) is 11.8 Å². The molecule has 0 aliphatic carbocycles. The number of ether oxygens (including phenoxy) is 1. The summed E-state index contributed by atoms with van der Waals surface area (Å²) in [5.41, 5.74) is 0.710. The molecule has 1 N–H and O–H groups in total. The fourth-order valence-electron chi connectivity index (χ4n) is 3.96. The number of carbonyl (C=O) groups excluding carboxylic acids is 1. The van der Waals surface area contributed by atoms with Crippen molar-refractivity contribution in [3.05, 3.63) is 94.8 Å². The van der Waals surface area contributed by atoms with E-state index < -0.39 is 32.8 Å². The molecular weight excluding hydrogens is 493 g/mol. The maximum absolute atomic E-state index is 14.0. The SMILES string of the molecule is COC(=O)c1ccc(C(c2cc3cc(C(F)(F)F)cnc3[nH]2)S(=O)(=O)c2cccc(C(C)C)c2)cc1. The molecule has 4 aromatic rings. The largest absolute Gasteiger partial charge is 0.465 e. The van der Waals surface area contributed by atoms with Gasteiger partial charge < -0.3 is 9.72 Å². The van der Waals surface area contributed by atoms with Gasteiger partial charge in [0.25, 0.3) is 0 Å². The van der Waals surface area contributed by atoms with Gasteiger partial charge in [-0.1, -0.05) is 38.1 Å². The van der Waals surface area contributed by atoms with Crippen molar-refractivity contribution in [2.24, 2.45) is 0 Å². The van der Waals surface area contributed by atoms with Crippen molar-refractivity contribution < 1.29 is 31.1 Å². The molecule has 0 bridgehead atoms. The highest BCUT2D eigenvalue weighted by molar-refractivity contribution is 7.91. The second-order valence-corrected chi connectivity index (χ2v) is 10.7. The van der Waals surface area contributed by atoms with Gasteiger partial charge in [0, 0.05) is 17.3 Å². The number of hydrogen-bond acceptors (Lipinski definition) is 5. The molecule has 0 saturated carbocycles. The number of halogens is 3. The van der Waals surface area contributed by atoms with Crippen molar-refractivity contribution in [2.45, 2.75) is 36.1 Å². The van der Waals surface area contributed by atoms with E-state index in [1.807, 2.05) is 19.9 Å². The Kier molecular flexibility index (Phi) is 6.66. The minimum atomic E-state index is -4.59. The van der Waals surface area contributed by atoms with Crippen LogP contribution in [-0.4, -0.2) is 31.5 Å². The Morgan fingerprint density at radius 3 is 2.31 bits per heavy atom. The summed E-state index contributed by atoms with van der Waals surface area (Å²) in [4.78, 5) is 18.7. The number of nitrogens with zero attached hydrogens (tertiary/aromatic N) is 1. The number of benzene rings is 2. The van der Waals surface area contributed by atoms with Gasteiger partial charge in [-0.2, -0.15) is 13.2 Å². The second kappa shape index (κ2) is 9.42. The number of fused-ring (bicyclic) bond motifs is 1. The topological polar surface area (TPSA) is 89.1 Å². The Balaban J connectivity index is 1.90. The summed E-state index contributed by atoms with van der Waals surface area (Å²) < 4.78 is 72.3. The van der Waals surface area contributed by atoms with E-state index in [-0.39, 0.29) is 33.1 Å². The van der Waals surface area contributed by atoms with E-state index >= 15 is 0 Å². The molecule has 0 radical (unpaired) electrons. The number of hydrogen-bond donors (Lipinski definition) is 1. The molecule has 6 nitrogen and oxygen atoms in total. The Bertz CT molecular complexity index is 1530. The van der Waals surface area contributed by atoms with Gasteiger partial charge >= 0.3 is 12.1 Å². The van der Waals surface area contributed by atoms with Crippen LogP contribution in [0, 0.1) is 0 Å². The third-order valence-corrected chi connectivity index (χ3v) is 7.96. The normalized spacial score (nSPS) is 13.2. The van der Waals surface area contributed by atoms with Crippen LogP contribution in [-0.2, 0) is 20.8 Å². The number of H-pyrrole nitrogens is 1. The maximum atomic E-state index is 14.0. The summed E-state index contributed by atoms with van der Waals surface area (Å²) >= 11 is 0. The number of carbonyl (C=O) groups is 1. The third kappa shape index (κ3) is 4.86. The Morgan fingerprint density at radius 1 is 1.00 bits per heavy atom. The quantitative estimate of drug-likeness (QED) is 0.315. The van der Waals surface area contributed by atoms with Crippen molar-refractivity contribution in [2.75, 3.05) is 7.11 Å². The zero-order valence-corrected chi connectivity index (χ0v) is 20.4. The van der Waals surface area contributed by atoms with Crippen LogP contribution in [0.2, 0.25) is 0 Å². The molecule has 2 aromatic heterocycles. The number of esters is 1. The molecular formula is C26H23F3N2O4S. The first-order chi connectivity index (χ1) is 16.9. The van der Waals surface area contributed by atoms with Crippen LogP contribution >= 0.6 is 0 Å². The smallest absolute Gasteiger partial charge is 0.417 e. The number of pyridine rings is 1. The number of sulfone groups is 1. The number of nitrogens with one attached hydrogen (secondary N) is 1. The summed E-state index contributed by atoms with van der Waals surface area (Å²) in [6.07, 6.45) is -3.89. The van der Waals surface area contributed by atoms with Gasteiger partial charge in [0.2, 0.25) is 0 Å². The van der Waals surface area contributed by atoms with Crippen molar-refractivity contribution in [1.29, 1.82) is 0 Å². The summed E-state index contributed by atoms with van der Waals surface area (Å²) in [6.45, 7) is 3.88. The van der Waals surface area contributed by atoms with Crippen LogP contribution in [0.15, 0.2) is 71.8 Å². The van der Waals surface area contributed by atoms with Crippen LogP contribution in [0.25, 0.3) is 11.0 Å². The van der Waals surface area contributed by atoms with Gasteiger partial charge in [-0.15, -0.1) is 0 Å². The molecule has 2 heterocycles. The molecule has 0 aliphatic heterocycles. The molecule has 0 amide bonds. The molecule has 188 valence electrons. The predicted octanol–water partition coefficient (Wildman–Crippen LogP) is 6.06. The maximum Gasteiger partial charge on any atom is 0.417 e. The zero-order chi connectivity index (χ0) is 26.3. The van der Waals surface area contributed by atoms with Gasteiger partial charge in [-0.05, 0) is 53.4 Å². The molecule has 10 heteroatoms. The molecule has 36 heavy (non-hydrogen) atoms. The number of aromatic nitrogens is 2. The molecule has 0 fully saturated rings. The second-order valence-electron chi connectivity index (χ2n) is 8.65. The lowest BCUT2D eigenvalue weighted by molar-refractivity contribution is -0.137. The van der Waals surface area contributed by atoms with E-state index in [1.165, 1.54) is 43.5 Å². The lowest BCUT2D eigenvalue weighted by Gasteiger charge is -2.19. The standard InChI is InChI=1S/C26H23F3N2O4S/c1-15(2)18-5-4-6-21(12-18)36(33,34)23(16-7-9-17(10-8-16)25(32)35-3)22-13-19-11-20(26(27,28)29)14-30-24(19)31-22/h4-15,23H,1-3H3,(H,30,31). The first kappa shape index (κ1) is 25.4.